The Balaban J connectivity index is 0.000000364. The molecule has 0 fully saturated rings. The topological polar surface area (TPSA) is 0 Å². The largest absolute Gasteiger partial charge is 2.00 e. The fraction of sp³-hybridized carbons (Fsp3) is 0.600. The first-order chi connectivity index (χ1) is 8.90. The maximum atomic E-state index is 3.44. The molecule has 0 nitrogen and oxygen atoms in total. The van der Waals surface area contributed by atoms with Gasteiger partial charge in [0.2, 0.25) is 0 Å². The molecule has 0 atom stereocenters. The van der Waals surface area contributed by atoms with E-state index in [4.69, 9.17) is 0 Å². The molecule has 0 radical (unpaired) electrons. The Labute approximate surface area is 151 Å². The molecule has 1 heteroatoms. The second kappa shape index (κ2) is 6.95. The fourth-order valence-electron chi connectivity index (χ4n) is 2.81. The third-order valence-electron chi connectivity index (χ3n) is 5.12. The molecule has 0 saturated carbocycles. The van der Waals surface area contributed by atoms with E-state index in [0.29, 0.717) is 0 Å². The predicted molar refractivity (Wildman–Crippen MR) is 89.2 cm³/mol. The number of rotatable bonds is 0. The van der Waals surface area contributed by atoms with Gasteiger partial charge in [0, 0.05) is 0 Å². The predicted octanol–water partition coefficient (Wildman–Crippen LogP) is 6.22. The summed E-state index contributed by atoms with van der Waals surface area (Å²) in [6, 6.07) is 0. The Kier molecular flexibility index (Phi) is 6.90. The number of hydrogen-bond donors (Lipinski definition) is 0. The monoisotopic (exact) mass is 360 g/mol. The summed E-state index contributed by atoms with van der Waals surface area (Å²) >= 11 is 0. The van der Waals surface area contributed by atoms with Crippen LogP contribution in [-0.2, 0) is 26.2 Å². The molecule has 0 aromatic carbocycles. The van der Waals surface area contributed by atoms with Crippen LogP contribution in [0.15, 0.2) is 33.4 Å². The van der Waals surface area contributed by atoms with Crippen molar-refractivity contribution in [3.63, 3.8) is 0 Å². The minimum absolute atomic E-state index is 0. The van der Waals surface area contributed by atoms with Gasteiger partial charge in [0.1, 0.15) is 0 Å². The van der Waals surface area contributed by atoms with Crippen LogP contribution in [0.4, 0.5) is 0 Å². The van der Waals surface area contributed by atoms with Crippen molar-refractivity contribution < 1.29 is 26.2 Å². The third-order valence-corrected chi connectivity index (χ3v) is 5.12. The average Bonchev–Trinajstić information content (AvgIpc) is 2.60. The van der Waals surface area contributed by atoms with Crippen molar-refractivity contribution in [3.8, 4) is 0 Å². The van der Waals surface area contributed by atoms with Gasteiger partial charge in [0.05, 0.1) is 0 Å². The first kappa shape index (κ1) is 20.8. The standard InChI is InChI=1S/2C10H15.Zr/c2*1-7-6-10(4,5)9(3)8(7)2;/h2*1-5H3;/q2*-1;+2. The molecule has 2 rings (SSSR count). The van der Waals surface area contributed by atoms with Crippen LogP contribution in [0.1, 0.15) is 69.2 Å². The normalized spacial score (nSPS) is 22.4. The van der Waals surface area contributed by atoms with Crippen LogP contribution in [-0.4, -0.2) is 0 Å². The number of allylic oxidation sites excluding steroid dienone is 8. The van der Waals surface area contributed by atoms with Crippen LogP contribution in [0.3, 0.4) is 0 Å². The van der Waals surface area contributed by atoms with Crippen LogP contribution in [0.5, 0.6) is 0 Å². The maximum Gasteiger partial charge on any atom is 2.00 e. The summed E-state index contributed by atoms with van der Waals surface area (Å²) in [5.74, 6) is 0. The molecular weight excluding hydrogens is 331 g/mol. The van der Waals surface area contributed by atoms with Crippen molar-refractivity contribution in [2.75, 3.05) is 0 Å². The van der Waals surface area contributed by atoms with Gasteiger partial charge in [0.15, 0.2) is 0 Å². The summed E-state index contributed by atoms with van der Waals surface area (Å²) in [6.07, 6.45) is 6.87. The Morgan fingerprint density at radius 3 is 0.857 bits per heavy atom. The number of hydrogen-bond acceptors (Lipinski definition) is 0. The van der Waals surface area contributed by atoms with Gasteiger partial charge in [0.25, 0.3) is 0 Å². The summed E-state index contributed by atoms with van der Waals surface area (Å²) in [6.45, 7) is 21.8. The minimum atomic E-state index is 0. The molecule has 0 unspecified atom stereocenters. The van der Waals surface area contributed by atoms with E-state index in [1.165, 1.54) is 33.4 Å². The van der Waals surface area contributed by atoms with Crippen LogP contribution < -0.4 is 0 Å². The maximum absolute atomic E-state index is 3.44. The molecule has 0 bridgehead atoms. The molecular formula is C20H30Zr. The molecule has 0 saturated heterocycles. The molecule has 0 aromatic heterocycles. The molecule has 2 aliphatic carbocycles. The van der Waals surface area contributed by atoms with Gasteiger partial charge in [-0.25, -0.2) is 11.1 Å². The van der Waals surface area contributed by atoms with E-state index >= 15 is 0 Å². The van der Waals surface area contributed by atoms with Crippen LogP contribution in [0.2, 0.25) is 0 Å². The second-order valence-corrected chi connectivity index (χ2v) is 7.25. The second-order valence-electron chi connectivity index (χ2n) is 7.25. The first-order valence-corrected chi connectivity index (χ1v) is 7.50. The van der Waals surface area contributed by atoms with Crippen LogP contribution in [0, 0.1) is 23.0 Å². The molecule has 2 aliphatic rings. The summed E-state index contributed by atoms with van der Waals surface area (Å²) < 4.78 is 0. The zero-order chi connectivity index (χ0) is 15.9. The van der Waals surface area contributed by atoms with E-state index < -0.39 is 0 Å². The van der Waals surface area contributed by atoms with Gasteiger partial charge >= 0.3 is 26.2 Å². The van der Waals surface area contributed by atoms with Crippen LogP contribution >= 0.6 is 0 Å². The molecule has 0 N–H and O–H groups in total. The average molecular weight is 362 g/mol. The van der Waals surface area contributed by atoms with E-state index in [9.17, 15) is 0 Å². The van der Waals surface area contributed by atoms with Gasteiger partial charge in [-0.15, -0.1) is 13.8 Å². The Hall–Kier alpha value is -0.157. The quantitative estimate of drug-likeness (QED) is 0.449. The third kappa shape index (κ3) is 4.41. The van der Waals surface area contributed by atoms with Gasteiger partial charge in [-0.1, -0.05) is 66.2 Å². The van der Waals surface area contributed by atoms with Gasteiger partial charge in [-0.05, 0) is 0 Å². The smallest absolute Gasteiger partial charge is 0.263 e. The van der Waals surface area contributed by atoms with Crippen molar-refractivity contribution in [1.82, 2.24) is 0 Å². The first-order valence-electron chi connectivity index (χ1n) is 7.50. The van der Waals surface area contributed by atoms with Crippen molar-refractivity contribution in [2.45, 2.75) is 69.2 Å². The molecule has 0 spiro atoms. The van der Waals surface area contributed by atoms with E-state index in [1.54, 1.807) is 0 Å². The fourth-order valence-corrected chi connectivity index (χ4v) is 2.81. The van der Waals surface area contributed by atoms with Gasteiger partial charge in [-0.2, -0.15) is 22.3 Å². The Morgan fingerprint density at radius 2 is 0.810 bits per heavy atom. The minimum Gasteiger partial charge on any atom is -0.263 e. The molecule has 0 heterocycles. The summed E-state index contributed by atoms with van der Waals surface area (Å²) in [4.78, 5) is 0. The SMILES string of the molecule is CC1=[C-]C(C)(C)C(C)=C1C.CC1=[C-]C(C)(C)C(C)=C1C.[Zr+2]. The van der Waals surface area contributed by atoms with E-state index in [1.807, 2.05) is 0 Å². The molecule has 0 aromatic rings. The zero-order valence-electron chi connectivity index (χ0n) is 15.5. The van der Waals surface area contributed by atoms with Crippen molar-refractivity contribution in [3.05, 3.63) is 45.6 Å². The summed E-state index contributed by atoms with van der Waals surface area (Å²) in [5.41, 5.74) is 8.79. The van der Waals surface area contributed by atoms with Crippen molar-refractivity contribution >= 4 is 0 Å². The Morgan fingerprint density at radius 1 is 0.571 bits per heavy atom. The summed E-state index contributed by atoms with van der Waals surface area (Å²) in [7, 11) is 0. The van der Waals surface area contributed by atoms with E-state index in [-0.39, 0.29) is 37.0 Å². The Bertz CT molecular complexity index is 484. The van der Waals surface area contributed by atoms with Gasteiger partial charge in [-0.3, -0.25) is 12.2 Å². The van der Waals surface area contributed by atoms with E-state index in [2.05, 4.69) is 81.4 Å². The van der Waals surface area contributed by atoms with Crippen molar-refractivity contribution in [1.29, 1.82) is 0 Å². The van der Waals surface area contributed by atoms with Gasteiger partial charge < -0.3 is 0 Å². The summed E-state index contributed by atoms with van der Waals surface area (Å²) in [5, 5.41) is 0. The molecule has 21 heavy (non-hydrogen) atoms. The van der Waals surface area contributed by atoms with Crippen LogP contribution in [0.25, 0.3) is 0 Å². The zero-order valence-corrected chi connectivity index (χ0v) is 18.0. The van der Waals surface area contributed by atoms with E-state index in [0.717, 1.165) is 0 Å². The molecule has 0 aliphatic heterocycles. The molecule has 114 valence electrons. The molecule has 0 amide bonds. The van der Waals surface area contributed by atoms with Crippen molar-refractivity contribution in [2.24, 2.45) is 10.8 Å².